The van der Waals surface area contributed by atoms with Crippen LogP contribution < -0.4 is 10.0 Å². The fourth-order valence-corrected chi connectivity index (χ4v) is 3.80. The third kappa shape index (κ3) is 5.35. The summed E-state index contributed by atoms with van der Waals surface area (Å²) >= 11 is 6.76. The fourth-order valence-electron chi connectivity index (χ4n) is 1.20. The van der Waals surface area contributed by atoms with Gasteiger partial charge in [-0.25, -0.2) is 13.1 Å². The summed E-state index contributed by atoms with van der Waals surface area (Å²) < 4.78 is 26.8. The van der Waals surface area contributed by atoms with Crippen molar-refractivity contribution < 1.29 is 8.42 Å². The van der Waals surface area contributed by atoms with E-state index in [2.05, 4.69) is 23.9 Å². The van der Waals surface area contributed by atoms with Crippen molar-refractivity contribution in [1.29, 1.82) is 0 Å². The second-order valence-corrected chi connectivity index (χ2v) is 7.63. The van der Waals surface area contributed by atoms with E-state index in [0.717, 1.165) is 24.3 Å². The number of hydrogen-bond acceptors (Lipinski definition) is 4. The van der Waals surface area contributed by atoms with Crippen LogP contribution in [0.5, 0.6) is 0 Å². The molecule has 0 spiro atoms. The van der Waals surface area contributed by atoms with Gasteiger partial charge in [0.25, 0.3) is 0 Å². The van der Waals surface area contributed by atoms with E-state index < -0.39 is 10.0 Å². The van der Waals surface area contributed by atoms with Crippen LogP contribution in [0.25, 0.3) is 0 Å². The standard InChI is InChI=1S/C10H17ClN2O2S2/c1-8(2)12-6-3-7-13-17(14,15)10-5-4-9(11)16-10/h4-5,8,12-13H,3,6-7H2,1-2H3. The van der Waals surface area contributed by atoms with E-state index in [1.54, 1.807) is 6.07 Å². The number of hydrogen-bond donors (Lipinski definition) is 2. The molecule has 1 aromatic heterocycles. The van der Waals surface area contributed by atoms with Gasteiger partial charge >= 0.3 is 0 Å². The highest BCUT2D eigenvalue weighted by Crippen LogP contribution is 2.25. The number of sulfonamides is 1. The largest absolute Gasteiger partial charge is 0.314 e. The van der Waals surface area contributed by atoms with Gasteiger partial charge in [0.1, 0.15) is 4.21 Å². The zero-order chi connectivity index (χ0) is 12.9. The predicted octanol–water partition coefficient (Wildman–Crippen LogP) is 2.07. The van der Waals surface area contributed by atoms with Gasteiger partial charge in [0.15, 0.2) is 0 Å². The molecule has 0 atom stereocenters. The molecule has 2 N–H and O–H groups in total. The first-order valence-electron chi connectivity index (χ1n) is 5.40. The maximum atomic E-state index is 11.8. The summed E-state index contributed by atoms with van der Waals surface area (Å²) in [4.78, 5) is 0. The van der Waals surface area contributed by atoms with Crippen molar-refractivity contribution in [2.75, 3.05) is 13.1 Å². The van der Waals surface area contributed by atoms with Crippen molar-refractivity contribution in [3.8, 4) is 0 Å². The van der Waals surface area contributed by atoms with E-state index >= 15 is 0 Å². The molecule has 0 fully saturated rings. The first kappa shape index (κ1) is 14.9. The lowest BCUT2D eigenvalue weighted by Crippen LogP contribution is -2.29. The van der Waals surface area contributed by atoms with Gasteiger partial charge < -0.3 is 5.32 Å². The molecule has 4 nitrogen and oxygen atoms in total. The molecule has 1 aromatic rings. The molecule has 0 amide bonds. The Morgan fingerprint density at radius 1 is 1.35 bits per heavy atom. The maximum absolute atomic E-state index is 11.8. The molecule has 1 rings (SSSR count). The van der Waals surface area contributed by atoms with Gasteiger partial charge in [-0.05, 0) is 25.1 Å². The highest BCUT2D eigenvalue weighted by molar-refractivity contribution is 7.91. The van der Waals surface area contributed by atoms with Gasteiger partial charge in [-0.15, -0.1) is 11.3 Å². The Kier molecular flexibility index (Phi) is 5.88. The molecule has 98 valence electrons. The summed E-state index contributed by atoms with van der Waals surface area (Å²) in [7, 11) is -3.38. The third-order valence-electron chi connectivity index (χ3n) is 2.01. The Hall–Kier alpha value is -0.140. The lowest BCUT2D eigenvalue weighted by molar-refractivity contribution is 0.555. The quantitative estimate of drug-likeness (QED) is 0.757. The minimum Gasteiger partial charge on any atom is -0.314 e. The summed E-state index contributed by atoms with van der Waals surface area (Å²) in [5, 5.41) is 3.22. The molecule has 0 radical (unpaired) electrons. The Labute approximate surface area is 111 Å². The molecule has 0 aliphatic rings. The summed E-state index contributed by atoms with van der Waals surface area (Å²) in [5.41, 5.74) is 0. The summed E-state index contributed by atoms with van der Waals surface area (Å²) in [6.45, 7) is 5.33. The fraction of sp³-hybridized carbons (Fsp3) is 0.600. The molecule has 0 saturated heterocycles. The van der Waals surface area contributed by atoms with Crippen molar-refractivity contribution in [2.45, 2.75) is 30.5 Å². The summed E-state index contributed by atoms with van der Waals surface area (Å²) in [5.74, 6) is 0. The predicted molar refractivity (Wildman–Crippen MR) is 72.3 cm³/mol. The minimum atomic E-state index is -3.38. The summed E-state index contributed by atoms with van der Waals surface area (Å²) in [6.07, 6.45) is 0.760. The van der Waals surface area contributed by atoms with Gasteiger partial charge in [0.2, 0.25) is 10.0 Å². The Morgan fingerprint density at radius 3 is 2.59 bits per heavy atom. The summed E-state index contributed by atoms with van der Waals surface area (Å²) in [6, 6.07) is 3.52. The second kappa shape index (κ2) is 6.70. The highest BCUT2D eigenvalue weighted by atomic mass is 35.5. The second-order valence-electron chi connectivity index (χ2n) is 3.92. The molecule has 17 heavy (non-hydrogen) atoms. The van der Waals surface area contributed by atoms with Crippen molar-refractivity contribution in [1.82, 2.24) is 10.0 Å². The van der Waals surface area contributed by atoms with Crippen LogP contribution >= 0.6 is 22.9 Å². The number of rotatable bonds is 7. The third-order valence-corrected chi connectivity index (χ3v) is 5.20. The molecule has 0 aromatic carbocycles. The van der Waals surface area contributed by atoms with Gasteiger partial charge in [-0.3, -0.25) is 0 Å². The zero-order valence-electron chi connectivity index (χ0n) is 9.86. The normalized spacial score (nSPS) is 12.2. The molecule has 0 aliphatic heterocycles. The molecule has 0 saturated carbocycles. The minimum absolute atomic E-state index is 0.263. The van der Waals surface area contributed by atoms with Crippen LogP contribution in [0.15, 0.2) is 16.3 Å². The van der Waals surface area contributed by atoms with E-state index in [1.807, 2.05) is 0 Å². The molecule has 1 heterocycles. The Bertz CT molecular complexity index is 443. The Balaban J connectivity index is 2.36. The molecule has 0 aliphatic carbocycles. The van der Waals surface area contributed by atoms with E-state index in [0.29, 0.717) is 16.9 Å². The first-order chi connectivity index (χ1) is 7.92. The zero-order valence-corrected chi connectivity index (χ0v) is 12.3. The first-order valence-corrected chi connectivity index (χ1v) is 8.08. The van der Waals surface area contributed by atoms with Crippen molar-refractivity contribution in [2.24, 2.45) is 0 Å². The van der Waals surface area contributed by atoms with Crippen LogP contribution in [0.2, 0.25) is 4.34 Å². The molecule has 0 bridgehead atoms. The van der Waals surface area contributed by atoms with Crippen LogP contribution in [-0.2, 0) is 10.0 Å². The number of halogens is 1. The van der Waals surface area contributed by atoms with Crippen LogP contribution in [0.3, 0.4) is 0 Å². The van der Waals surface area contributed by atoms with Crippen molar-refractivity contribution in [3.63, 3.8) is 0 Å². The van der Waals surface area contributed by atoms with E-state index in [4.69, 9.17) is 11.6 Å². The molecule has 7 heteroatoms. The van der Waals surface area contributed by atoms with E-state index in [9.17, 15) is 8.42 Å². The molecular weight excluding hydrogens is 280 g/mol. The van der Waals surface area contributed by atoms with Crippen molar-refractivity contribution in [3.05, 3.63) is 16.5 Å². The maximum Gasteiger partial charge on any atom is 0.250 e. The number of thiophene rings is 1. The SMILES string of the molecule is CC(C)NCCCNS(=O)(=O)c1ccc(Cl)s1. The van der Waals surface area contributed by atoms with Gasteiger partial charge in [0.05, 0.1) is 4.34 Å². The lowest BCUT2D eigenvalue weighted by atomic mass is 10.3. The molecular formula is C10H17ClN2O2S2. The Morgan fingerprint density at radius 2 is 2.06 bits per heavy atom. The van der Waals surface area contributed by atoms with E-state index in [-0.39, 0.29) is 4.21 Å². The average molecular weight is 297 g/mol. The van der Waals surface area contributed by atoms with Crippen molar-refractivity contribution >= 4 is 33.0 Å². The monoisotopic (exact) mass is 296 g/mol. The van der Waals surface area contributed by atoms with Crippen LogP contribution in [0.1, 0.15) is 20.3 Å². The molecule has 0 unspecified atom stereocenters. The lowest BCUT2D eigenvalue weighted by Gasteiger charge is -2.08. The number of nitrogens with one attached hydrogen (secondary N) is 2. The van der Waals surface area contributed by atoms with Crippen LogP contribution in [-0.4, -0.2) is 27.5 Å². The van der Waals surface area contributed by atoms with Gasteiger partial charge in [-0.2, -0.15) is 0 Å². The smallest absolute Gasteiger partial charge is 0.250 e. The van der Waals surface area contributed by atoms with Gasteiger partial charge in [0, 0.05) is 12.6 Å². The highest BCUT2D eigenvalue weighted by Gasteiger charge is 2.15. The van der Waals surface area contributed by atoms with Crippen LogP contribution in [0.4, 0.5) is 0 Å². The average Bonchev–Trinajstić information content (AvgIpc) is 2.64. The van der Waals surface area contributed by atoms with Gasteiger partial charge in [-0.1, -0.05) is 25.4 Å². The van der Waals surface area contributed by atoms with E-state index in [1.165, 1.54) is 6.07 Å². The van der Waals surface area contributed by atoms with Crippen LogP contribution in [0, 0.1) is 0 Å². The topological polar surface area (TPSA) is 58.2 Å².